The number of amides is 1. The summed E-state index contributed by atoms with van der Waals surface area (Å²) in [6.07, 6.45) is 5.99. The fourth-order valence-electron chi connectivity index (χ4n) is 3.48. The van der Waals surface area contributed by atoms with Crippen molar-refractivity contribution in [3.63, 3.8) is 0 Å². The van der Waals surface area contributed by atoms with E-state index in [0.717, 1.165) is 41.1 Å². The van der Waals surface area contributed by atoms with Crippen LogP contribution in [0.4, 0.5) is 5.13 Å². The highest BCUT2D eigenvalue weighted by Crippen LogP contribution is 2.25. The number of aromatic nitrogens is 3. The van der Waals surface area contributed by atoms with Crippen LogP contribution in [0, 0.1) is 0 Å². The molecule has 8 nitrogen and oxygen atoms in total. The molecule has 3 aromatic rings. The van der Waals surface area contributed by atoms with Gasteiger partial charge in [0.05, 0.1) is 7.11 Å². The maximum Gasteiger partial charge on any atom is 0.288 e. The first-order chi connectivity index (χ1) is 14.6. The second-order valence-electron chi connectivity index (χ2n) is 7.10. The van der Waals surface area contributed by atoms with Crippen LogP contribution in [0.15, 0.2) is 33.7 Å². The Labute approximate surface area is 186 Å². The maximum absolute atomic E-state index is 12.9. The van der Waals surface area contributed by atoms with E-state index in [1.807, 2.05) is 18.2 Å². The second-order valence-corrected chi connectivity index (χ2v) is 8.95. The zero-order valence-electron chi connectivity index (χ0n) is 16.6. The van der Waals surface area contributed by atoms with Gasteiger partial charge in [0.25, 0.3) is 11.5 Å². The summed E-state index contributed by atoms with van der Waals surface area (Å²) in [6.45, 7) is 2.08. The molecule has 1 aliphatic heterocycles. The van der Waals surface area contributed by atoms with Gasteiger partial charge in [-0.3, -0.25) is 9.59 Å². The van der Waals surface area contributed by atoms with Gasteiger partial charge < -0.3 is 15.0 Å². The van der Waals surface area contributed by atoms with Crippen LogP contribution < -0.4 is 20.5 Å². The number of rotatable bonds is 5. The normalized spacial score (nSPS) is 14.5. The number of carbonyl (C=O) groups is 1. The Hall–Kier alpha value is -2.46. The number of fused-ring (bicyclic) bond motifs is 1. The van der Waals surface area contributed by atoms with Crippen LogP contribution >= 0.6 is 27.3 Å². The van der Waals surface area contributed by atoms with Crippen molar-refractivity contribution in [2.45, 2.75) is 32.2 Å². The molecule has 1 aliphatic rings. The van der Waals surface area contributed by atoms with Gasteiger partial charge in [-0.2, -0.15) is 4.52 Å². The van der Waals surface area contributed by atoms with E-state index in [1.165, 1.54) is 34.9 Å². The van der Waals surface area contributed by atoms with E-state index in [2.05, 4.69) is 36.2 Å². The van der Waals surface area contributed by atoms with E-state index in [1.54, 1.807) is 7.11 Å². The molecule has 1 aromatic carbocycles. The molecular formula is C20H22BrN5O3S. The molecular weight excluding hydrogens is 470 g/mol. The molecule has 30 heavy (non-hydrogen) atoms. The molecule has 0 unspecified atom stereocenters. The van der Waals surface area contributed by atoms with Crippen LogP contribution in [-0.4, -0.2) is 40.7 Å². The third-order valence-electron chi connectivity index (χ3n) is 5.08. The molecule has 10 heteroatoms. The smallest absolute Gasteiger partial charge is 0.288 e. The number of nitrogens with one attached hydrogen (secondary N) is 1. The molecule has 3 heterocycles. The zero-order valence-corrected chi connectivity index (χ0v) is 19.0. The van der Waals surface area contributed by atoms with Crippen LogP contribution in [0.5, 0.6) is 5.75 Å². The largest absolute Gasteiger partial charge is 0.496 e. The van der Waals surface area contributed by atoms with E-state index in [0.29, 0.717) is 10.7 Å². The Kier molecular flexibility index (Phi) is 6.33. The van der Waals surface area contributed by atoms with Crippen LogP contribution in [-0.2, 0) is 6.54 Å². The minimum Gasteiger partial charge on any atom is -0.496 e. The predicted octanol–water partition coefficient (Wildman–Crippen LogP) is 3.23. The highest BCUT2D eigenvalue weighted by molar-refractivity contribution is 9.10. The molecule has 0 atom stereocenters. The van der Waals surface area contributed by atoms with Gasteiger partial charge in [-0.1, -0.05) is 40.1 Å². The average molecular weight is 492 g/mol. The van der Waals surface area contributed by atoms with Gasteiger partial charge in [-0.15, -0.1) is 5.10 Å². The summed E-state index contributed by atoms with van der Waals surface area (Å²) in [4.78, 5) is 32.5. The lowest BCUT2D eigenvalue weighted by Crippen LogP contribution is -2.31. The number of ether oxygens (including phenoxy) is 1. The van der Waals surface area contributed by atoms with E-state index in [9.17, 15) is 9.59 Å². The number of hydrogen-bond acceptors (Lipinski definition) is 7. The molecule has 0 bridgehead atoms. The number of benzene rings is 1. The summed E-state index contributed by atoms with van der Waals surface area (Å²) in [5.41, 5.74) is 0.302. The summed E-state index contributed by atoms with van der Waals surface area (Å²) < 4.78 is 7.44. The summed E-state index contributed by atoms with van der Waals surface area (Å²) in [5, 5.41) is 8.01. The standard InChI is InChI=1S/C20H22BrN5O3S/c1-29-16-7-6-14(21)10-13(16)11-22-17(27)15-12-23-19-26(18(15)28)24-20(30-19)25-8-4-2-3-5-9-25/h6-7,10,12H,2-5,8-9,11H2,1H3,(H,22,27). The van der Waals surface area contributed by atoms with Gasteiger partial charge in [0.2, 0.25) is 10.1 Å². The molecule has 0 aliphatic carbocycles. The van der Waals surface area contributed by atoms with Crippen LogP contribution in [0.3, 0.4) is 0 Å². The first-order valence-electron chi connectivity index (χ1n) is 9.81. The van der Waals surface area contributed by atoms with Gasteiger partial charge >= 0.3 is 0 Å². The molecule has 0 saturated carbocycles. The van der Waals surface area contributed by atoms with Gasteiger partial charge in [0.15, 0.2) is 0 Å². The minimum absolute atomic E-state index is 0.0332. The molecule has 0 spiro atoms. The first-order valence-corrected chi connectivity index (χ1v) is 11.4. The number of methoxy groups -OCH3 is 1. The monoisotopic (exact) mass is 491 g/mol. The molecule has 1 fully saturated rings. The summed E-state index contributed by atoms with van der Waals surface area (Å²) in [7, 11) is 1.57. The minimum atomic E-state index is -0.492. The Morgan fingerprint density at radius 3 is 2.77 bits per heavy atom. The van der Waals surface area contributed by atoms with Crippen molar-refractivity contribution in [1.29, 1.82) is 0 Å². The highest BCUT2D eigenvalue weighted by Gasteiger charge is 2.19. The zero-order chi connectivity index (χ0) is 21.1. The molecule has 1 N–H and O–H groups in total. The molecule has 2 aromatic heterocycles. The lowest BCUT2D eigenvalue weighted by molar-refractivity contribution is 0.0948. The van der Waals surface area contributed by atoms with E-state index in [4.69, 9.17) is 4.74 Å². The Bertz CT molecular complexity index is 1120. The van der Waals surface area contributed by atoms with Crippen molar-refractivity contribution in [2.75, 3.05) is 25.1 Å². The third-order valence-corrected chi connectivity index (χ3v) is 6.56. The molecule has 158 valence electrons. The highest BCUT2D eigenvalue weighted by atomic mass is 79.9. The number of anilines is 1. The fraction of sp³-hybridized carbons (Fsp3) is 0.400. The number of carbonyl (C=O) groups excluding carboxylic acids is 1. The predicted molar refractivity (Wildman–Crippen MR) is 120 cm³/mol. The van der Waals surface area contributed by atoms with Crippen molar-refractivity contribution in [1.82, 2.24) is 19.9 Å². The summed E-state index contributed by atoms with van der Waals surface area (Å²) in [5.74, 6) is 0.165. The van der Waals surface area contributed by atoms with E-state index >= 15 is 0 Å². The van der Waals surface area contributed by atoms with Gasteiger partial charge in [0, 0.05) is 35.9 Å². The van der Waals surface area contributed by atoms with Crippen LogP contribution in [0.25, 0.3) is 4.96 Å². The van der Waals surface area contributed by atoms with Crippen LogP contribution in [0.2, 0.25) is 0 Å². The number of nitrogens with zero attached hydrogens (tertiary/aromatic N) is 4. The maximum atomic E-state index is 12.9. The molecule has 0 radical (unpaired) electrons. The molecule has 1 amide bonds. The lowest BCUT2D eigenvalue weighted by atomic mass is 10.2. The van der Waals surface area contributed by atoms with Crippen molar-refractivity contribution >= 4 is 43.3 Å². The summed E-state index contributed by atoms with van der Waals surface area (Å²) in [6, 6.07) is 5.54. The summed E-state index contributed by atoms with van der Waals surface area (Å²) >= 11 is 4.79. The van der Waals surface area contributed by atoms with E-state index < -0.39 is 11.5 Å². The van der Waals surface area contributed by atoms with Crippen molar-refractivity contribution in [3.05, 3.63) is 50.3 Å². The van der Waals surface area contributed by atoms with Crippen molar-refractivity contribution < 1.29 is 9.53 Å². The number of hydrogen-bond donors (Lipinski definition) is 1. The topological polar surface area (TPSA) is 88.8 Å². The molecule has 4 rings (SSSR count). The van der Waals surface area contributed by atoms with Gasteiger partial charge in [-0.25, -0.2) is 4.98 Å². The Balaban J connectivity index is 1.55. The quantitative estimate of drug-likeness (QED) is 0.589. The lowest BCUT2D eigenvalue weighted by Gasteiger charge is -2.17. The van der Waals surface area contributed by atoms with Crippen molar-refractivity contribution in [2.24, 2.45) is 0 Å². The molecule has 1 saturated heterocycles. The van der Waals surface area contributed by atoms with Gasteiger partial charge in [0.1, 0.15) is 11.3 Å². The third kappa shape index (κ3) is 4.34. The number of halogens is 1. The Morgan fingerprint density at radius 1 is 1.27 bits per heavy atom. The fourth-order valence-corrected chi connectivity index (χ4v) is 4.80. The van der Waals surface area contributed by atoms with Crippen LogP contribution in [0.1, 0.15) is 41.6 Å². The van der Waals surface area contributed by atoms with E-state index in [-0.39, 0.29) is 12.1 Å². The second kappa shape index (κ2) is 9.13. The average Bonchev–Trinajstić information content (AvgIpc) is 3.00. The Morgan fingerprint density at radius 2 is 2.03 bits per heavy atom. The first kappa shape index (κ1) is 20.8. The van der Waals surface area contributed by atoms with Gasteiger partial charge in [-0.05, 0) is 31.0 Å². The SMILES string of the molecule is COc1ccc(Br)cc1CNC(=O)c1cnc2sc(N3CCCCCC3)nn2c1=O. The van der Waals surface area contributed by atoms with Crippen molar-refractivity contribution in [3.8, 4) is 5.75 Å².